The summed E-state index contributed by atoms with van der Waals surface area (Å²) >= 11 is 0. The van der Waals surface area contributed by atoms with Gasteiger partial charge in [0.1, 0.15) is 24.6 Å². The monoisotopic (exact) mass is 254 g/mol. The fourth-order valence-corrected chi connectivity index (χ4v) is 0.644. The Morgan fingerprint density at radius 2 is 1.65 bits per heavy atom. The van der Waals surface area contributed by atoms with Crippen molar-refractivity contribution in [2.24, 2.45) is 11.5 Å². The van der Waals surface area contributed by atoms with Crippen LogP contribution in [0.5, 0.6) is 0 Å². The third-order valence-corrected chi connectivity index (χ3v) is 1.66. The van der Waals surface area contributed by atoms with Gasteiger partial charge in [0.05, 0.1) is 19.2 Å². The molecule has 9 heteroatoms. The van der Waals surface area contributed by atoms with E-state index in [1.807, 2.05) is 0 Å². The molecule has 0 bridgehead atoms. The molecule has 0 aromatic heterocycles. The Morgan fingerprint density at radius 1 is 1.24 bits per heavy atom. The van der Waals surface area contributed by atoms with Gasteiger partial charge in [-0.05, 0) is 0 Å². The summed E-state index contributed by atoms with van der Waals surface area (Å²) in [6, 6.07) is -1.26. The Kier molecular flexibility index (Phi) is 10.8. The van der Waals surface area contributed by atoms with Crippen molar-refractivity contribution in [1.29, 1.82) is 0 Å². The molecule has 0 rings (SSSR count). The molecular weight excluding hydrogens is 236 g/mol. The average molecular weight is 254 g/mol. The maximum atomic E-state index is 10.0. The summed E-state index contributed by atoms with van der Waals surface area (Å²) in [5.41, 5.74) is 9.61. The fourth-order valence-electron chi connectivity index (χ4n) is 0.644. The van der Waals surface area contributed by atoms with E-state index in [1.165, 1.54) is 0 Å². The lowest BCUT2D eigenvalue weighted by molar-refractivity contribution is -0.135. The van der Waals surface area contributed by atoms with Crippen LogP contribution in [0.2, 0.25) is 0 Å². The molecule has 9 N–H and O–H groups in total. The van der Waals surface area contributed by atoms with Gasteiger partial charge in [0.15, 0.2) is 0 Å². The zero-order valence-corrected chi connectivity index (χ0v) is 9.01. The number of aliphatic hydroxyl groups is 4. The van der Waals surface area contributed by atoms with Crippen LogP contribution in [0.15, 0.2) is 0 Å². The predicted molar refractivity (Wildman–Crippen MR) is 55.8 cm³/mol. The molecule has 0 aromatic carbocycles. The molecule has 0 aliphatic rings. The van der Waals surface area contributed by atoms with Crippen LogP contribution in [0.4, 0.5) is 0 Å². The van der Waals surface area contributed by atoms with Gasteiger partial charge in [0, 0.05) is 0 Å². The first kappa shape index (κ1) is 18.3. The Balaban J connectivity index is 0. The zero-order chi connectivity index (χ0) is 14.0. The number of rotatable bonds is 6. The third kappa shape index (κ3) is 8.68. The molecule has 102 valence electrons. The van der Waals surface area contributed by atoms with Gasteiger partial charge in [-0.15, -0.1) is 0 Å². The minimum absolute atomic E-state index is 0.248. The average Bonchev–Trinajstić information content (AvgIpc) is 2.35. The van der Waals surface area contributed by atoms with E-state index in [2.05, 4.69) is 5.73 Å². The number of hydrogen-bond donors (Lipinski definition) is 7. The van der Waals surface area contributed by atoms with Gasteiger partial charge in [-0.1, -0.05) is 0 Å². The van der Waals surface area contributed by atoms with Gasteiger partial charge < -0.3 is 41.8 Å². The molecule has 0 spiro atoms. The molecule has 0 fully saturated rings. The van der Waals surface area contributed by atoms with Crippen LogP contribution in [0.25, 0.3) is 0 Å². The highest BCUT2D eigenvalue weighted by atomic mass is 16.4. The largest absolute Gasteiger partial charge is 0.480 e. The van der Waals surface area contributed by atoms with Crippen LogP contribution in [0.3, 0.4) is 0 Å². The Bertz CT molecular complexity index is 226. The number of carbonyl (C=O) groups excluding carboxylic acids is 1. The topological polar surface area (TPSA) is 187 Å². The van der Waals surface area contributed by atoms with Crippen molar-refractivity contribution >= 4 is 12.3 Å². The Labute approximate surface area is 97.3 Å². The van der Waals surface area contributed by atoms with E-state index < -0.39 is 36.9 Å². The molecule has 0 amide bonds. The van der Waals surface area contributed by atoms with Crippen LogP contribution in [-0.4, -0.2) is 75.3 Å². The van der Waals surface area contributed by atoms with Gasteiger partial charge in [-0.3, -0.25) is 4.79 Å². The highest BCUT2D eigenvalue weighted by Crippen LogP contribution is 2.01. The van der Waals surface area contributed by atoms with Crippen molar-refractivity contribution < 1.29 is 35.1 Å². The lowest BCUT2D eigenvalue weighted by atomic mass is 10.0. The Hall–Kier alpha value is -1.10. The van der Waals surface area contributed by atoms with E-state index in [-0.39, 0.29) is 12.8 Å². The number of carboxylic acids is 1. The molecular formula is C8H18N2O7. The van der Waals surface area contributed by atoms with Crippen LogP contribution < -0.4 is 11.5 Å². The van der Waals surface area contributed by atoms with Gasteiger partial charge in [0.25, 0.3) is 0 Å². The van der Waals surface area contributed by atoms with Crippen molar-refractivity contribution in [1.82, 2.24) is 0 Å². The maximum absolute atomic E-state index is 10.0. The minimum Gasteiger partial charge on any atom is -0.480 e. The number of aliphatic carboxylic acids is 1. The van der Waals surface area contributed by atoms with Crippen LogP contribution >= 0.6 is 0 Å². The summed E-state index contributed by atoms with van der Waals surface area (Å²) in [4.78, 5) is 19.3. The predicted octanol–water partition coefficient (Wildman–Crippen LogP) is -4.38. The van der Waals surface area contributed by atoms with Crippen LogP contribution in [-0.2, 0) is 9.59 Å². The van der Waals surface area contributed by atoms with Gasteiger partial charge in [-0.2, -0.15) is 0 Å². The molecule has 0 unspecified atom stereocenters. The molecule has 17 heavy (non-hydrogen) atoms. The van der Waals surface area contributed by atoms with Crippen molar-refractivity contribution in [3.63, 3.8) is 0 Å². The lowest BCUT2D eigenvalue weighted by Gasteiger charge is -2.23. The van der Waals surface area contributed by atoms with E-state index in [0.29, 0.717) is 0 Å². The van der Waals surface area contributed by atoms with E-state index >= 15 is 0 Å². The molecule has 0 radical (unpaired) electrons. The van der Waals surface area contributed by atoms with Crippen molar-refractivity contribution in [3.05, 3.63) is 0 Å². The first-order valence-electron chi connectivity index (χ1n) is 4.59. The highest BCUT2D eigenvalue weighted by Gasteiger charge is 2.28. The van der Waals surface area contributed by atoms with E-state index in [1.54, 1.807) is 0 Å². The second-order valence-electron chi connectivity index (χ2n) is 3.04. The summed E-state index contributed by atoms with van der Waals surface area (Å²) < 4.78 is 0. The van der Waals surface area contributed by atoms with Crippen molar-refractivity contribution in [3.8, 4) is 0 Å². The maximum Gasteiger partial charge on any atom is 0.317 e. The quantitative estimate of drug-likeness (QED) is 0.230. The molecule has 0 saturated carbocycles. The smallest absolute Gasteiger partial charge is 0.317 e. The number of aliphatic hydroxyl groups excluding tert-OH is 4. The van der Waals surface area contributed by atoms with Crippen molar-refractivity contribution in [2.75, 3.05) is 13.2 Å². The number of hydrogen-bond acceptors (Lipinski definition) is 8. The first-order valence-corrected chi connectivity index (χ1v) is 4.59. The number of carboxylic acid groups (broad SMARTS) is 1. The van der Waals surface area contributed by atoms with Crippen LogP contribution in [0, 0.1) is 0 Å². The molecule has 0 heterocycles. The molecule has 0 aromatic rings. The SMILES string of the molecule is NCC(=O)O.N[C@@H](C=O)[C@@H](O)[C@H](O)[C@H](O)CO. The minimum atomic E-state index is -1.62. The normalized spacial score (nSPS) is 17.1. The summed E-state index contributed by atoms with van der Waals surface area (Å²) in [5, 5.41) is 42.8. The van der Waals surface area contributed by atoms with E-state index in [4.69, 9.17) is 31.3 Å². The molecule has 0 saturated heterocycles. The number of nitrogens with two attached hydrogens (primary N) is 2. The van der Waals surface area contributed by atoms with Gasteiger partial charge >= 0.3 is 5.97 Å². The lowest BCUT2D eigenvalue weighted by Crippen LogP contribution is -2.49. The zero-order valence-electron chi connectivity index (χ0n) is 9.01. The number of carbonyl (C=O) groups is 2. The molecule has 9 nitrogen and oxygen atoms in total. The second-order valence-corrected chi connectivity index (χ2v) is 3.04. The molecule has 4 atom stereocenters. The van der Waals surface area contributed by atoms with Gasteiger partial charge in [0.2, 0.25) is 0 Å². The van der Waals surface area contributed by atoms with Gasteiger partial charge in [-0.25, -0.2) is 0 Å². The standard InChI is InChI=1S/C6H13NO5.C2H5NO2/c7-3(1-8)5(11)6(12)4(10)2-9;3-1-2(4)5/h1,3-6,9-12H,2,7H2;1,3H2,(H,4,5)/t3-,4+,5+,6+;/m0./s1. The summed E-state index contributed by atoms with van der Waals surface area (Å²) in [5.74, 6) is -0.968. The molecule has 0 aliphatic carbocycles. The third-order valence-electron chi connectivity index (χ3n) is 1.66. The van der Waals surface area contributed by atoms with Crippen molar-refractivity contribution in [2.45, 2.75) is 24.4 Å². The van der Waals surface area contributed by atoms with E-state index in [9.17, 15) is 9.59 Å². The Morgan fingerprint density at radius 3 is 1.88 bits per heavy atom. The van der Waals surface area contributed by atoms with Crippen LogP contribution in [0.1, 0.15) is 0 Å². The fraction of sp³-hybridized carbons (Fsp3) is 0.750. The van der Waals surface area contributed by atoms with E-state index in [0.717, 1.165) is 0 Å². The number of aldehydes is 1. The summed E-state index contributed by atoms with van der Waals surface area (Å²) in [7, 11) is 0. The summed E-state index contributed by atoms with van der Waals surface area (Å²) in [6.45, 7) is -0.982. The highest BCUT2D eigenvalue weighted by molar-refractivity contribution is 5.68. The molecule has 0 aliphatic heterocycles. The second kappa shape index (κ2) is 10.1. The summed E-state index contributed by atoms with van der Waals surface area (Å²) in [6.07, 6.45) is -4.43. The first-order chi connectivity index (χ1) is 7.81.